The van der Waals surface area contributed by atoms with Crippen molar-refractivity contribution >= 4 is 83.8 Å². The lowest BCUT2D eigenvalue weighted by Gasteiger charge is -2.32. The van der Waals surface area contributed by atoms with E-state index < -0.39 is 0 Å². The molecule has 1 aliphatic rings. The maximum absolute atomic E-state index is 2.48. The van der Waals surface area contributed by atoms with Gasteiger partial charge in [0, 0.05) is 45.5 Å². The van der Waals surface area contributed by atoms with E-state index in [0.29, 0.717) is 0 Å². The fraction of sp³-hybridized carbons (Fsp3) is 0.183. The van der Waals surface area contributed by atoms with Crippen LogP contribution in [0.5, 0.6) is 0 Å². The molecular formula is C71H67IN2. The van der Waals surface area contributed by atoms with Crippen molar-refractivity contribution in [1.29, 1.82) is 0 Å². The van der Waals surface area contributed by atoms with Gasteiger partial charge < -0.3 is 9.80 Å². The van der Waals surface area contributed by atoms with Gasteiger partial charge >= 0.3 is 0 Å². The van der Waals surface area contributed by atoms with E-state index in [2.05, 4.69) is 329 Å². The highest BCUT2D eigenvalue weighted by molar-refractivity contribution is 14.1. The number of para-hydroxylation sites is 2. The van der Waals surface area contributed by atoms with Gasteiger partial charge in [-0.3, -0.25) is 0 Å². The minimum absolute atomic E-state index is 0.0297. The van der Waals surface area contributed by atoms with E-state index in [1.165, 1.54) is 66.1 Å². The van der Waals surface area contributed by atoms with Crippen molar-refractivity contribution in [2.24, 2.45) is 0 Å². The minimum Gasteiger partial charge on any atom is -0.310 e. The van der Waals surface area contributed by atoms with Crippen molar-refractivity contribution in [2.75, 3.05) is 9.80 Å². The molecule has 10 rings (SSSR count). The second-order valence-corrected chi connectivity index (χ2v) is 22.9. The van der Waals surface area contributed by atoms with Crippen LogP contribution in [0.25, 0.3) is 38.2 Å². The molecule has 0 saturated carbocycles. The number of nitrogens with zero attached hydrogens (tertiary/aromatic N) is 2. The summed E-state index contributed by atoms with van der Waals surface area (Å²) < 4.78 is 2.13. The Labute approximate surface area is 454 Å². The van der Waals surface area contributed by atoms with Gasteiger partial charge in [-0.1, -0.05) is 242 Å². The van der Waals surface area contributed by atoms with Crippen molar-refractivity contribution in [1.82, 2.24) is 0 Å². The van der Waals surface area contributed by atoms with Gasteiger partial charge in [0.05, 0.1) is 0 Å². The maximum Gasteiger partial charge on any atom is 0.0468 e. The SMILES string of the molecule is CC(/C(=C\C=C/I)c1c2cc(N(c3ccccc3)c3ccc(C(C)(C)C)cc3)ccc2c(-c2ccccc2C2(C)C=CC=CC2)c2cc(N(c3ccccc3)c3ccc(C(C)(C)C)cc3)ccc12)c1ccccc1. The number of rotatable bonds is 12. The monoisotopic (exact) mass is 1070 g/mol. The van der Waals surface area contributed by atoms with Crippen LogP contribution in [0.15, 0.2) is 241 Å². The largest absolute Gasteiger partial charge is 0.310 e. The molecule has 2 atom stereocenters. The van der Waals surface area contributed by atoms with Crippen molar-refractivity contribution in [2.45, 2.75) is 84.0 Å². The van der Waals surface area contributed by atoms with Crippen LogP contribution in [0.3, 0.4) is 0 Å². The van der Waals surface area contributed by atoms with E-state index in [0.717, 1.165) is 40.5 Å². The molecule has 1 aliphatic carbocycles. The van der Waals surface area contributed by atoms with Crippen LogP contribution in [0, 0.1) is 0 Å². The van der Waals surface area contributed by atoms with Crippen LogP contribution in [0.4, 0.5) is 34.1 Å². The highest BCUT2D eigenvalue weighted by Crippen LogP contribution is 2.51. The van der Waals surface area contributed by atoms with Crippen molar-refractivity contribution < 1.29 is 0 Å². The molecule has 368 valence electrons. The summed E-state index contributed by atoms with van der Waals surface area (Å²) >= 11 is 2.37. The van der Waals surface area contributed by atoms with Crippen molar-refractivity contribution in [3.8, 4) is 11.1 Å². The zero-order valence-corrected chi connectivity index (χ0v) is 46.3. The Balaban J connectivity index is 1.35. The first-order valence-corrected chi connectivity index (χ1v) is 27.4. The lowest BCUT2D eigenvalue weighted by Crippen LogP contribution is -2.20. The van der Waals surface area contributed by atoms with Crippen LogP contribution in [0.1, 0.15) is 95.5 Å². The van der Waals surface area contributed by atoms with E-state index in [9.17, 15) is 0 Å². The van der Waals surface area contributed by atoms with E-state index >= 15 is 0 Å². The number of hydrogen-bond acceptors (Lipinski definition) is 2. The molecule has 0 heterocycles. The lowest BCUT2D eigenvalue weighted by atomic mass is 9.73. The van der Waals surface area contributed by atoms with Gasteiger partial charge in [-0.25, -0.2) is 0 Å². The molecule has 74 heavy (non-hydrogen) atoms. The van der Waals surface area contributed by atoms with E-state index in [-0.39, 0.29) is 22.2 Å². The quantitative estimate of drug-likeness (QED) is 0.0683. The molecule has 0 aliphatic heterocycles. The summed E-state index contributed by atoms with van der Waals surface area (Å²) in [5, 5.41) is 4.83. The number of benzene rings is 9. The normalized spacial score (nSPS) is 15.5. The highest BCUT2D eigenvalue weighted by Gasteiger charge is 2.30. The Morgan fingerprint density at radius 1 is 0.514 bits per heavy atom. The van der Waals surface area contributed by atoms with Crippen LogP contribution in [0.2, 0.25) is 0 Å². The first-order chi connectivity index (χ1) is 35.7. The topological polar surface area (TPSA) is 6.48 Å². The smallest absolute Gasteiger partial charge is 0.0468 e. The molecule has 0 radical (unpaired) electrons. The summed E-state index contributed by atoms with van der Waals surface area (Å²) in [6.45, 7) is 18.5. The highest BCUT2D eigenvalue weighted by atomic mass is 127. The van der Waals surface area contributed by atoms with Crippen LogP contribution < -0.4 is 9.80 Å². The number of allylic oxidation sites excluding steroid dienone is 7. The first kappa shape index (κ1) is 50.3. The molecule has 9 aromatic carbocycles. The zero-order chi connectivity index (χ0) is 51.6. The van der Waals surface area contributed by atoms with E-state index in [4.69, 9.17) is 0 Å². The number of fused-ring (bicyclic) bond motifs is 2. The number of halogens is 1. The van der Waals surface area contributed by atoms with Crippen LogP contribution in [-0.2, 0) is 16.2 Å². The molecule has 0 fully saturated rings. The third-order valence-electron chi connectivity index (χ3n) is 15.1. The molecule has 0 N–H and O–H groups in total. The minimum atomic E-state index is -0.216. The third kappa shape index (κ3) is 10.1. The molecule has 9 aromatic rings. The van der Waals surface area contributed by atoms with Gasteiger partial charge in [0.2, 0.25) is 0 Å². The van der Waals surface area contributed by atoms with Gasteiger partial charge in [0.25, 0.3) is 0 Å². The molecule has 0 aromatic heterocycles. The third-order valence-corrected chi connectivity index (χ3v) is 15.5. The summed E-state index contributed by atoms with van der Waals surface area (Å²) in [5.41, 5.74) is 16.7. The summed E-state index contributed by atoms with van der Waals surface area (Å²) in [6, 6.07) is 74.7. The average molecular weight is 1080 g/mol. The molecule has 2 unspecified atom stereocenters. The molecule has 0 bridgehead atoms. The number of anilines is 6. The Kier molecular flexibility index (Phi) is 14.3. The molecule has 0 spiro atoms. The summed E-state index contributed by atoms with van der Waals surface area (Å²) in [7, 11) is 0. The molecule has 2 nitrogen and oxygen atoms in total. The Hall–Kier alpha value is -7.21. The standard InChI is InChI=1S/C71H67IN2/c1-50(51-24-13-9-14-25-51)60(31-23-47-72)67-61-43-41-59(74(55-28-17-11-18-29-55)57-39-35-53(36-40-57)70(5,6)7)49-65(61)68(63-30-19-20-32-66(63)71(8)45-21-12-22-46-71)62-44-42-58(48-64(62)67)73(54-26-15-10-16-27-54)56-37-33-52(34-38-56)69(2,3)4/h9-45,47-50H,46H2,1-8H3/b47-23-,60-31+. The number of hydrogen-bond donors (Lipinski definition) is 0. The van der Waals surface area contributed by atoms with Gasteiger partial charge in [-0.15, -0.1) is 0 Å². The second kappa shape index (κ2) is 21.0. The Morgan fingerprint density at radius 2 is 0.986 bits per heavy atom. The second-order valence-electron chi connectivity index (χ2n) is 22.2. The predicted molar refractivity (Wildman–Crippen MR) is 330 cm³/mol. The maximum atomic E-state index is 2.48. The van der Waals surface area contributed by atoms with Crippen LogP contribution in [-0.4, -0.2) is 0 Å². The van der Waals surface area contributed by atoms with Gasteiger partial charge in [0.15, 0.2) is 0 Å². The Morgan fingerprint density at radius 3 is 1.50 bits per heavy atom. The zero-order valence-electron chi connectivity index (χ0n) is 44.2. The molecule has 0 saturated heterocycles. The molecule has 3 heteroatoms. The lowest BCUT2D eigenvalue weighted by molar-refractivity contribution is 0.590. The van der Waals surface area contributed by atoms with Gasteiger partial charge in [-0.2, -0.15) is 0 Å². The summed E-state index contributed by atoms with van der Waals surface area (Å²) in [5.74, 6) is 0.0621. The van der Waals surface area contributed by atoms with E-state index in [1.807, 2.05) is 0 Å². The predicted octanol–water partition coefficient (Wildman–Crippen LogP) is 21.1. The first-order valence-electron chi connectivity index (χ1n) is 26.1. The van der Waals surface area contributed by atoms with E-state index in [1.54, 1.807) is 0 Å². The van der Waals surface area contributed by atoms with Crippen molar-refractivity contribution in [3.05, 3.63) is 269 Å². The van der Waals surface area contributed by atoms with Crippen molar-refractivity contribution in [3.63, 3.8) is 0 Å². The molecule has 0 amide bonds. The average Bonchev–Trinajstić information content (AvgIpc) is 3.42. The summed E-state index contributed by atoms with van der Waals surface area (Å²) in [6.07, 6.45) is 14.6. The van der Waals surface area contributed by atoms with Crippen LogP contribution >= 0.6 is 22.6 Å². The fourth-order valence-corrected chi connectivity index (χ4v) is 11.2. The van der Waals surface area contributed by atoms with Gasteiger partial charge in [-0.05, 0) is 160 Å². The van der Waals surface area contributed by atoms with Gasteiger partial charge in [0.1, 0.15) is 0 Å². The Bertz CT molecular complexity index is 3550. The molecular weight excluding hydrogens is 1010 g/mol. The summed E-state index contributed by atoms with van der Waals surface area (Å²) in [4.78, 5) is 4.85. The fourth-order valence-electron chi connectivity index (χ4n) is 11.0.